The molecule has 9 heteroatoms. The van der Waals surface area contributed by atoms with Gasteiger partial charge >= 0.3 is 0 Å². The van der Waals surface area contributed by atoms with Crippen LogP contribution in [0.5, 0.6) is 17.2 Å². The van der Waals surface area contributed by atoms with E-state index in [2.05, 4.69) is 15.4 Å². The number of H-pyrrole nitrogens is 1. The number of methoxy groups -OCH3 is 1. The summed E-state index contributed by atoms with van der Waals surface area (Å²) in [5.74, 6) is 1.47. The number of carbonyl (C=O) groups is 1. The van der Waals surface area contributed by atoms with Crippen LogP contribution < -0.4 is 20.3 Å². The van der Waals surface area contributed by atoms with Crippen LogP contribution in [0.25, 0.3) is 5.65 Å². The number of halogens is 1. The smallest absolute Gasteiger partial charge is 0.266 e. The largest absolute Gasteiger partial charge is 0.497 e. The Morgan fingerprint density at radius 3 is 2.56 bits per heavy atom. The molecule has 0 radical (unpaired) electrons. The maximum atomic E-state index is 12.9. The lowest BCUT2D eigenvalue weighted by atomic mass is 10.1. The van der Waals surface area contributed by atoms with Crippen molar-refractivity contribution in [2.24, 2.45) is 0 Å². The van der Waals surface area contributed by atoms with E-state index in [0.717, 1.165) is 11.3 Å². The molecular weight excluding hydrogens is 432 g/mol. The van der Waals surface area contributed by atoms with Crippen molar-refractivity contribution in [3.05, 3.63) is 80.9 Å². The number of carbonyl (C=O) groups excluding carboxylic acids is 1. The Morgan fingerprint density at radius 1 is 1.12 bits per heavy atom. The standard InChI is InChI=1S/C23H21ClN4O4/c1-13-18(14(2)28-21(25-13)12-23(30)27-28)11-22(29)26-19-10-15(24)4-9-20(19)32-17-7-5-16(31-3)6-8-17/h4-10,12H,11H2,1-3H3,(H,26,29)(H,27,30). The van der Waals surface area contributed by atoms with Gasteiger partial charge in [-0.1, -0.05) is 11.6 Å². The van der Waals surface area contributed by atoms with Crippen LogP contribution in [0.1, 0.15) is 17.0 Å². The molecule has 0 fully saturated rings. The number of rotatable bonds is 6. The maximum Gasteiger partial charge on any atom is 0.266 e. The monoisotopic (exact) mass is 452 g/mol. The number of aromatic nitrogens is 3. The third kappa shape index (κ3) is 4.45. The lowest BCUT2D eigenvalue weighted by Crippen LogP contribution is -2.18. The molecule has 0 unspecified atom stereocenters. The summed E-state index contributed by atoms with van der Waals surface area (Å²) < 4.78 is 12.7. The number of nitrogens with zero attached hydrogens (tertiary/aromatic N) is 2. The molecule has 2 aromatic carbocycles. The molecule has 4 rings (SSSR count). The van der Waals surface area contributed by atoms with Gasteiger partial charge in [-0.05, 0) is 56.3 Å². The molecule has 8 nitrogen and oxygen atoms in total. The molecule has 2 aromatic heterocycles. The maximum absolute atomic E-state index is 12.9. The highest BCUT2D eigenvalue weighted by Gasteiger charge is 2.16. The number of benzene rings is 2. The van der Waals surface area contributed by atoms with Crippen molar-refractivity contribution in [1.29, 1.82) is 0 Å². The van der Waals surface area contributed by atoms with Crippen molar-refractivity contribution in [3.8, 4) is 17.2 Å². The first-order valence-corrected chi connectivity index (χ1v) is 10.2. The number of hydrogen-bond acceptors (Lipinski definition) is 5. The van der Waals surface area contributed by atoms with E-state index >= 15 is 0 Å². The molecule has 0 saturated heterocycles. The van der Waals surface area contributed by atoms with E-state index in [-0.39, 0.29) is 17.9 Å². The molecule has 0 spiro atoms. The molecular formula is C23H21ClN4O4. The van der Waals surface area contributed by atoms with Crippen molar-refractivity contribution in [2.45, 2.75) is 20.3 Å². The summed E-state index contributed by atoms with van der Waals surface area (Å²) >= 11 is 6.15. The second kappa shape index (κ2) is 8.76. The average Bonchev–Trinajstić information content (AvgIpc) is 3.14. The number of amides is 1. The second-order valence-electron chi connectivity index (χ2n) is 7.22. The molecule has 164 valence electrons. The van der Waals surface area contributed by atoms with Crippen LogP contribution in [0.15, 0.2) is 53.3 Å². The summed E-state index contributed by atoms with van der Waals surface area (Å²) in [6.45, 7) is 3.64. The summed E-state index contributed by atoms with van der Waals surface area (Å²) in [4.78, 5) is 29.0. The molecule has 0 aliphatic rings. The first-order chi connectivity index (χ1) is 15.3. The second-order valence-corrected chi connectivity index (χ2v) is 7.65. The zero-order chi connectivity index (χ0) is 22.8. The van der Waals surface area contributed by atoms with Gasteiger partial charge in [0.25, 0.3) is 5.56 Å². The van der Waals surface area contributed by atoms with Crippen LogP contribution in [-0.2, 0) is 11.2 Å². The van der Waals surface area contributed by atoms with E-state index in [4.69, 9.17) is 21.1 Å². The Kier molecular flexibility index (Phi) is 5.87. The molecule has 0 aliphatic heterocycles. The van der Waals surface area contributed by atoms with Crippen molar-refractivity contribution in [3.63, 3.8) is 0 Å². The van der Waals surface area contributed by atoms with E-state index in [1.807, 2.05) is 13.8 Å². The van der Waals surface area contributed by atoms with Gasteiger partial charge in [0, 0.05) is 28.0 Å². The predicted octanol–water partition coefficient (Wildman–Crippen LogP) is 4.27. The zero-order valence-electron chi connectivity index (χ0n) is 17.7. The minimum absolute atomic E-state index is 0.0648. The first-order valence-electron chi connectivity index (χ1n) is 9.83. The third-order valence-corrected chi connectivity index (χ3v) is 5.28. The number of anilines is 1. The van der Waals surface area contributed by atoms with Crippen molar-refractivity contribution in [1.82, 2.24) is 14.6 Å². The van der Waals surface area contributed by atoms with Gasteiger partial charge in [-0.25, -0.2) is 9.50 Å². The Bertz CT molecular complexity index is 1360. The molecule has 32 heavy (non-hydrogen) atoms. The lowest BCUT2D eigenvalue weighted by Gasteiger charge is -2.15. The van der Waals surface area contributed by atoms with Gasteiger partial charge in [-0.3, -0.25) is 14.7 Å². The fraction of sp³-hybridized carbons (Fsp3) is 0.174. The topological polar surface area (TPSA) is 97.7 Å². The fourth-order valence-electron chi connectivity index (χ4n) is 3.43. The number of aromatic amines is 1. The van der Waals surface area contributed by atoms with Gasteiger partial charge in [-0.2, -0.15) is 0 Å². The van der Waals surface area contributed by atoms with Crippen molar-refractivity contribution in [2.75, 3.05) is 12.4 Å². The van der Waals surface area contributed by atoms with Crippen LogP contribution in [0, 0.1) is 13.8 Å². The van der Waals surface area contributed by atoms with Crippen LogP contribution in [0.4, 0.5) is 5.69 Å². The number of hydrogen-bond donors (Lipinski definition) is 2. The van der Waals surface area contributed by atoms with Gasteiger partial charge < -0.3 is 14.8 Å². The van der Waals surface area contributed by atoms with Crippen LogP contribution in [0.2, 0.25) is 5.02 Å². The lowest BCUT2D eigenvalue weighted by molar-refractivity contribution is -0.115. The van der Waals surface area contributed by atoms with Crippen LogP contribution in [0.3, 0.4) is 0 Å². The Balaban J connectivity index is 1.57. The summed E-state index contributed by atoms with van der Waals surface area (Å²) in [6.07, 6.45) is 0.0648. The summed E-state index contributed by atoms with van der Waals surface area (Å²) in [5, 5.41) is 6.02. The van der Waals surface area contributed by atoms with E-state index in [9.17, 15) is 9.59 Å². The number of ether oxygens (including phenoxy) is 2. The molecule has 4 aromatic rings. The number of aryl methyl sites for hydroxylation is 2. The molecule has 0 aliphatic carbocycles. The van der Waals surface area contributed by atoms with Crippen molar-refractivity contribution >= 4 is 28.8 Å². The van der Waals surface area contributed by atoms with E-state index < -0.39 is 0 Å². The number of fused-ring (bicyclic) bond motifs is 1. The van der Waals surface area contributed by atoms with E-state index in [0.29, 0.717) is 39.3 Å². The Morgan fingerprint density at radius 2 is 1.84 bits per heavy atom. The zero-order valence-corrected chi connectivity index (χ0v) is 18.5. The summed E-state index contributed by atoms with van der Waals surface area (Å²) in [7, 11) is 1.59. The Hall–Kier alpha value is -3.78. The quantitative estimate of drug-likeness (QED) is 0.455. The highest BCUT2D eigenvalue weighted by molar-refractivity contribution is 6.31. The van der Waals surface area contributed by atoms with Gasteiger partial charge in [0.1, 0.15) is 11.5 Å². The molecule has 0 atom stereocenters. The molecule has 2 heterocycles. The fourth-order valence-corrected chi connectivity index (χ4v) is 3.60. The molecule has 2 N–H and O–H groups in total. The number of nitrogens with one attached hydrogen (secondary N) is 2. The predicted molar refractivity (Wildman–Crippen MR) is 122 cm³/mol. The minimum Gasteiger partial charge on any atom is -0.497 e. The molecule has 0 bridgehead atoms. The van der Waals surface area contributed by atoms with E-state index in [1.165, 1.54) is 6.07 Å². The van der Waals surface area contributed by atoms with Gasteiger partial charge in [-0.15, -0.1) is 0 Å². The average molecular weight is 453 g/mol. The normalized spacial score (nSPS) is 10.9. The summed E-state index contributed by atoms with van der Waals surface area (Å²) in [6, 6.07) is 13.5. The first kappa shape index (κ1) is 21.5. The Labute approximate surface area is 188 Å². The molecule has 0 saturated carbocycles. The highest BCUT2D eigenvalue weighted by Crippen LogP contribution is 2.33. The van der Waals surface area contributed by atoms with Gasteiger partial charge in [0.2, 0.25) is 5.91 Å². The SMILES string of the molecule is COc1ccc(Oc2ccc(Cl)cc2NC(=O)Cc2c(C)nc3cc(=O)[nH]n3c2C)cc1. The third-order valence-electron chi connectivity index (χ3n) is 5.04. The van der Waals surface area contributed by atoms with E-state index in [1.54, 1.807) is 54.1 Å². The molecule has 1 amide bonds. The van der Waals surface area contributed by atoms with Gasteiger partial charge in [0.05, 0.1) is 19.2 Å². The van der Waals surface area contributed by atoms with Crippen LogP contribution in [-0.4, -0.2) is 27.6 Å². The minimum atomic E-state index is -0.270. The highest BCUT2D eigenvalue weighted by atomic mass is 35.5. The van der Waals surface area contributed by atoms with Crippen molar-refractivity contribution < 1.29 is 14.3 Å². The summed E-state index contributed by atoms with van der Waals surface area (Å²) in [5.41, 5.74) is 2.85. The van der Waals surface area contributed by atoms with Gasteiger partial charge in [0.15, 0.2) is 11.4 Å². The van der Waals surface area contributed by atoms with Crippen LogP contribution >= 0.6 is 11.6 Å².